The number of amides is 1. The van der Waals surface area contributed by atoms with Crippen molar-refractivity contribution >= 4 is 17.7 Å². The number of rotatable bonds is 4. The summed E-state index contributed by atoms with van der Waals surface area (Å²) in [6, 6.07) is 0.991. The number of carboxylic acid groups (broad SMARTS) is 1. The number of aromatic carboxylic acids is 1. The first-order valence-corrected chi connectivity index (χ1v) is 5.10. The zero-order valence-electron chi connectivity index (χ0n) is 9.94. The van der Waals surface area contributed by atoms with E-state index >= 15 is 0 Å². The summed E-state index contributed by atoms with van der Waals surface area (Å²) in [5.41, 5.74) is 6.43. The maximum absolute atomic E-state index is 11.1. The van der Waals surface area contributed by atoms with Crippen molar-refractivity contribution < 1.29 is 14.7 Å². The summed E-state index contributed by atoms with van der Waals surface area (Å²) in [5.74, 6) is -1.49. The molecule has 1 heterocycles. The molecule has 1 unspecified atom stereocenters. The average molecular weight is 237 g/mol. The second-order valence-electron chi connectivity index (χ2n) is 3.88. The van der Waals surface area contributed by atoms with E-state index in [0.717, 1.165) is 0 Å². The zero-order valence-corrected chi connectivity index (χ0v) is 9.94. The fourth-order valence-electron chi connectivity index (χ4n) is 1.49. The number of anilines is 1. The molecule has 0 aliphatic rings. The Kier molecular flexibility index (Phi) is 3.67. The highest BCUT2D eigenvalue weighted by Crippen LogP contribution is 2.19. The van der Waals surface area contributed by atoms with Gasteiger partial charge in [-0.05, 0) is 32.4 Å². The van der Waals surface area contributed by atoms with Gasteiger partial charge in [0.15, 0.2) is 0 Å². The first-order chi connectivity index (χ1) is 7.82. The van der Waals surface area contributed by atoms with E-state index in [1.807, 2.05) is 0 Å². The summed E-state index contributed by atoms with van der Waals surface area (Å²) in [6.45, 7) is 4.98. The normalized spacial score (nSPS) is 11.9. The third-order valence-electron chi connectivity index (χ3n) is 2.34. The van der Waals surface area contributed by atoms with Gasteiger partial charge in [0, 0.05) is 5.69 Å². The molecule has 0 bridgehead atoms. The molecular weight excluding hydrogens is 222 g/mol. The summed E-state index contributed by atoms with van der Waals surface area (Å²) in [5, 5.41) is 11.8. The van der Waals surface area contributed by atoms with Crippen LogP contribution in [0.15, 0.2) is 6.07 Å². The molecule has 0 aromatic carbocycles. The molecule has 0 spiro atoms. The van der Waals surface area contributed by atoms with Crippen LogP contribution in [0.3, 0.4) is 0 Å². The van der Waals surface area contributed by atoms with Gasteiger partial charge in [0.25, 0.3) is 0 Å². The van der Waals surface area contributed by atoms with Crippen molar-refractivity contribution in [3.05, 3.63) is 22.9 Å². The minimum Gasteiger partial charge on any atom is -0.478 e. The number of hydrogen-bond donors (Lipinski definition) is 3. The number of nitrogens with zero attached hydrogens (tertiary/aromatic N) is 1. The molecule has 1 amide bonds. The Labute approximate surface area is 98.8 Å². The largest absolute Gasteiger partial charge is 0.478 e. The monoisotopic (exact) mass is 237 g/mol. The minimum atomic E-state index is -1.09. The van der Waals surface area contributed by atoms with E-state index in [4.69, 9.17) is 10.8 Å². The average Bonchev–Trinajstić information content (AvgIpc) is 2.14. The van der Waals surface area contributed by atoms with Crippen molar-refractivity contribution in [2.75, 3.05) is 5.32 Å². The molecule has 0 fully saturated rings. The number of nitrogens with one attached hydrogen (secondary N) is 1. The molecule has 6 nitrogen and oxygen atoms in total. The van der Waals surface area contributed by atoms with Crippen LogP contribution in [0.1, 0.15) is 28.5 Å². The van der Waals surface area contributed by atoms with Crippen LogP contribution in [0.5, 0.6) is 0 Å². The summed E-state index contributed by atoms with van der Waals surface area (Å²) in [6.07, 6.45) is 0. The first-order valence-electron chi connectivity index (χ1n) is 5.10. The van der Waals surface area contributed by atoms with Crippen molar-refractivity contribution in [2.45, 2.75) is 26.8 Å². The molecule has 4 N–H and O–H groups in total. The molecule has 0 aliphatic carbocycles. The van der Waals surface area contributed by atoms with Gasteiger partial charge in [-0.25, -0.2) is 9.78 Å². The van der Waals surface area contributed by atoms with Crippen molar-refractivity contribution in [3.63, 3.8) is 0 Å². The van der Waals surface area contributed by atoms with E-state index in [1.165, 1.54) is 0 Å². The van der Waals surface area contributed by atoms with E-state index < -0.39 is 17.9 Å². The van der Waals surface area contributed by atoms with E-state index in [0.29, 0.717) is 11.3 Å². The Morgan fingerprint density at radius 2 is 2.06 bits per heavy atom. The number of aryl methyl sites for hydroxylation is 2. The van der Waals surface area contributed by atoms with Gasteiger partial charge in [0.1, 0.15) is 17.4 Å². The van der Waals surface area contributed by atoms with Gasteiger partial charge in [-0.2, -0.15) is 0 Å². The molecular formula is C11H15N3O3. The van der Waals surface area contributed by atoms with Crippen LogP contribution < -0.4 is 11.1 Å². The van der Waals surface area contributed by atoms with Crippen LogP contribution in [-0.2, 0) is 4.79 Å². The lowest BCUT2D eigenvalue weighted by atomic mass is 10.1. The van der Waals surface area contributed by atoms with Gasteiger partial charge in [0.05, 0.1) is 0 Å². The second-order valence-corrected chi connectivity index (χ2v) is 3.88. The second kappa shape index (κ2) is 4.82. The highest BCUT2D eigenvalue weighted by Gasteiger charge is 2.18. The fraction of sp³-hybridized carbons (Fsp3) is 0.364. The van der Waals surface area contributed by atoms with Gasteiger partial charge in [-0.15, -0.1) is 0 Å². The number of carbonyl (C=O) groups excluding carboxylic acids is 1. The van der Waals surface area contributed by atoms with E-state index in [2.05, 4.69) is 10.3 Å². The predicted octanol–water partition coefficient (Wildman–Crippen LogP) is 0.682. The van der Waals surface area contributed by atoms with Gasteiger partial charge < -0.3 is 16.2 Å². The highest BCUT2D eigenvalue weighted by molar-refractivity contribution is 5.95. The van der Waals surface area contributed by atoms with Crippen molar-refractivity contribution in [1.82, 2.24) is 4.98 Å². The smallest absolute Gasteiger partial charge is 0.339 e. The molecule has 0 saturated heterocycles. The van der Waals surface area contributed by atoms with E-state index in [9.17, 15) is 9.59 Å². The zero-order chi connectivity index (χ0) is 13.2. The molecule has 1 rings (SSSR count). The fourth-order valence-corrected chi connectivity index (χ4v) is 1.49. The van der Waals surface area contributed by atoms with Gasteiger partial charge in [0.2, 0.25) is 5.91 Å². The summed E-state index contributed by atoms with van der Waals surface area (Å²) >= 11 is 0. The quantitative estimate of drug-likeness (QED) is 0.714. The minimum absolute atomic E-state index is 0.0590. The third-order valence-corrected chi connectivity index (χ3v) is 2.34. The van der Waals surface area contributed by atoms with Crippen molar-refractivity contribution in [3.8, 4) is 0 Å². The lowest BCUT2D eigenvalue weighted by molar-refractivity contribution is -0.118. The van der Waals surface area contributed by atoms with Gasteiger partial charge in [-0.3, -0.25) is 4.79 Å². The number of carboxylic acids is 1. The molecule has 17 heavy (non-hydrogen) atoms. The van der Waals surface area contributed by atoms with Gasteiger partial charge >= 0.3 is 5.97 Å². The Balaban J connectivity index is 3.21. The first kappa shape index (κ1) is 13.0. The molecule has 1 aromatic rings. The van der Waals surface area contributed by atoms with Crippen molar-refractivity contribution in [2.24, 2.45) is 5.73 Å². The number of primary amides is 1. The number of pyridine rings is 1. The molecule has 1 aromatic heterocycles. The van der Waals surface area contributed by atoms with Crippen LogP contribution >= 0.6 is 0 Å². The Morgan fingerprint density at radius 3 is 2.53 bits per heavy atom. The van der Waals surface area contributed by atoms with E-state index in [-0.39, 0.29) is 11.4 Å². The maximum atomic E-state index is 11.1. The van der Waals surface area contributed by atoms with E-state index in [1.54, 1.807) is 26.8 Å². The predicted molar refractivity (Wildman–Crippen MR) is 62.9 cm³/mol. The molecule has 6 heteroatoms. The molecule has 92 valence electrons. The summed E-state index contributed by atoms with van der Waals surface area (Å²) in [7, 11) is 0. The Bertz CT molecular complexity index is 471. The Hall–Kier alpha value is -2.11. The van der Waals surface area contributed by atoms with Crippen LogP contribution in [0.4, 0.5) is 5.82 Å². The Morgan fingerprint density at radius 1 is 1.47 bits per heavy atom. The molecule has 1 atom stereocenters. The number of aromatic nitrogens is 1. The van der Waals surface area contributed by atoms with Crippen LogP contribution in [0.25, 0.3) is 0 Å². The molecule has 0 aliphatic heterocycles. The number of nitrogens with two attached hydrogens (primary N) is 1. The maximum Gasteiger partial charge on any atom is 0.339 e. The summed E-state index contributed by atoms with van der Waals surface area (Å²) < 4.78 is 0. The lowest BCUT2D eigenvalue weighted by Gasteiger charge is -2.15. The van der Waals surface area contributed by atoms with Crippen LogP contribution in [-0.4, -0.2) is 28.0 Å². The number of hydrogen-bond acceptors (Lipinski definition) is 4. The highest BCUT2D eigenvalue weighted by atomic mass is 16.4. The standard InChI is InChI=1S/C11H15N3O3/c1-5-4-6(2)13-10(8(5)11(16)17)14-7(3)9(12)15/h4,7H,1-3H3,(H2,12,15)(H,13,14)(H,16,17). The molecule has 0 saturated carbocycles. The van der Waals surface area contributed by atoms with Crippen LogP contribution in [0, 0.1) is 13.8 Å². The topological polar surface area (TPSA) is 105 Å². The third kappa shape index (κ3) is 2.93. The van der Waals surface area contributed by atoms with Gasteiger partial charge in [-0.1, -0.05) is 0 Å². The molecule has 0 radical (unpaired) electrons. The lowest BCUT2D eigenvalue weighted by Crippen LogP contribution is -2.33. The number of carbonyl (C=O) groups is 2. The summed E-state index contributed by atoms with van der Waals surface area (Å²) in [4.78, 5) is 26.1. The van der Waals surface area contributed by atoms with Crippen molar-refractivity contribution in [1.29, 1.82) is 0 Å². The van der Waals surface area contributed by atoms with Crippen LogP contribution in [0.2, 0.25) is 0 Å². The SMILES string of the molecule is Cc1cc(C)c(C(=O)O)c(NC(C)C(N)=O)n1.